The molecular formula is C21H32N4O2. The number of nitrogens with zero attached hydrogens (tertiary/aromatic N) is 4. The van der Waals surface area contributed by atoms with Crippen LogP contribution < -0.4 is 0 Å². The highest BCUT2D eigenvalue weighted by atomic mass is 16.5. The van der Waals surface area contributed by atoms with Gasteiger partial charge in [-0.25, -0.2) is 4.98 Å². The molecule has 3 rings (SSSR count). The van der Waals surface area contributed by atoms with Gasteiger partial charge in [-0.3, -0.25) is 9.69 Å². The number of morpholine rings is 1. The lowest BCUT2D eigenvalue weighted by molar-refractivity contribution is -0.134. The Balaban J connectivity index is 1.75. The number of aromatic nitrogens is 2. The molecule has 2 aromatic rings. The zero-order valence-corrected chi connectivity index (χ0v) is 17.1. The fraction of sp³-hybridized carbons (Fsp3) is 0.619. The van der Waals surface area contributed by atoms with Gasteiger partial charge in [0.2, 0.25) is 5.91 Å². The topological polar surface area (TPSA) is 50.6 Å². The van der Waals surface area contributed by atoms with Crippen molar-refractivity contribution in [2.45, 2.75) is 33.7 Å². The van der Waals surface area contributed by atoms with Gasteiger partial charge in [-0.15, -0.1) is 0 Å². The molecule has 1 fully saturated rings. The number of carbonyl (C=O) groups excluding carboxylic acids is 1. The minimum Gasteiger partial charge on any atom is -0.379 e. The second-order valence-corrected chi connectivity index (χ2v) is 8.58. The van der Waals surface area contributed by atoms with Crippen LogP contribution in [0.5, 0.6) is 0 Å². The monoisotopic (exact) mass is 372 g/mol. The van der Waals surface area contributed by atoms with Crippen molar-refractivity contribution in [2.24, 2.45) is 12.5 Å². The number of carbonyl (C=O) groups is 1. The molecule has 2 heterocycles. The van der Waals surface area contributed by atoms with Gasteiger partial charge in [0.05, 0.1) is 30.8 Å². The molecule has 0 atom stereocenters. The molecule has 1 aliphatic heterocycles. The summed E-state index contributed by atoms with van der Waals surface area (Å²) >= 11 is 0. The molecule has 0 radical (unpaired) electrons. The van der Waals surface area contributed by atoms with Gasteiger partial charge in [-0.1, -0.05) is 32.9 Å². The van der Waals surface area contributed by atoms with Crippen LogP contribution >= 0.6 is 0 Å². The molecule has 0 N–H and O–H groups in total. The number of rotatable bonds is 6. The molecule has 0 aliphatic carbocycles. The summed E-state index contributed by atoms with van der Waals surface area (Å²) in [5, 5.41) is 0. The van der Waals surface area contributed by atoms with Crippen LogP contribution in [0.2, 0.25) is 0 Å². The van der Waals surface area contributed by atoms with Crippen molar-refractivity contribution in [1.29, 1.82) is 0 Å². The Morgan fingerprint density at radius 2 is 1.93 bits per heavy atom. The lowest BCUT2D eigenvalue weighted by Gasteiger charge is -2.31. The van der Waals surface area contributed by atoms with Crippen LogP contribution in [0.4, 0.5) is 0 Å². The zero-order chi connectivity index (χ0) is 19.4. The van der Waals surface area contributed by atoms with Crippen molar-refractivity contribution in [3.8, 4) is 0 Å². The lowest BCUT2D eigenvalue weighted by atomic mass is 9.91. The third-order valence-corrected chi connectivity index (χ3v) is 5.04. The van der Waals surface area contributed by atoms with Gasteiger partial charge in [0.15, 0.2) is 0 Å². The van der Waals surface area contributed by atoms with Crippen molar-refractivity contribution in [3.63, 3.8) is 0 Å². The van der Waals surface area contributed by atoms with Gasteiger partial charge >= 0.3 is 0 Å². The van der Waals surface area contributed by atoms with Crippen LogP contribution in [0.3, 0.4) is 0 Å². The minimum absolute atomic E-state index is 0.0271. The molecule has 1 aromatic carbocycles. The molecule has 1 amide bonds. The van der Waals surface area contributed by atoms with Gasteiger partial charge in [0, 0.05) is 39.6 Å². The summed E-state index contributed by atoms with van der Waals surface area (Å²) in [6.07, 6.45) is 0.542. The molecule has 0 saturated carbocycles. The number of hydrogen-bond acceptors (Lipinski definition) is 4. The normalized spacial score (nSPS) is 16.0. The first-order valence-electron chi connectivity index (χ1n) is 9.82. The van der Waals surface area contributed by atoms with E-state index in [4.69, 9.17) is 9.72 Å². The van der Waals surface area contributed by atoms with Gasteiger partial charge in [0.1, 0.15) is 5.82 Å². The second-order valence-electron chi connectivity index (χ2n) is 8.58. The molecule has 148 valence electrons. The molecule has 1 aliphatic rings. The van der Waals surface area contributed by atoms with Crippen molar-refractivity contribution in [3.05, 3.63) is 30.1 Å². The predicted molar refractivity (Wildman–Crippen MR) is 107 cm³/mol. The Labute approximate surface area is 162 Å². The summed E-state index contributed by atoms with van der Waals surface area (Å²) in [6.45, 7) is 11.9. The van der Waals surface area contributed by atoms with E-state index < -0.39 is 0 Å². The van der Waals surface area contributed by atoms with Crippen LogP contribution in [-0.2, 0) is 23.1 Å². The highest BCUT2D eigenvalue weighted by Crippen LogP contribution is 2.21. The van der Waals surface area contributed by atoms with Crippen LogP contribution in [0.1, 0.15) is 33.0 Å². The Kier molecular flexibility index (Phi) is 6.17. The number of benzene rings is 1. The van der Waals surface area contributed by atoms with E-state index in [1.807, 2.05) is 30.1 Å². The number of hydrogen-bond donors (Lipinski definition) is 0. The van der Waals surface area contributed by atoms with Crippen molar-refractivity contribution in [2.75, 3.05) is 39.4 Å². The lowest BCUT2D eigenvalue weighted by Crippen LogP contribution is -2.43. The van der Waals surface area contributed by atoms with Crippen molar-refractivity contribution < 1.29 is 9.53 Å². The number of aryl methyl sites for hydroxylation is 1. The Hall–Kier alpha value is -1.92. The largest absolute Gasteiger partial charge is 0.379 e. The molecule has 1 saturated heterocycles. The molecule has 6 nitrogen and oxygen atoms in total. The van der Waals surface area contributed by atoms with Gasteiger partial charge in [0.25, 0.3) is 0 Å². The van der Waals surface area contributed by atoms with Crippen LogP contribution in [0, 0.1) is 5.41 Å². The second kappa shape index (κ2) is 8.40. The van der Waals surface area contributed by atoms with E-state index in [1.165, 1.54) is 0 Å². The maximum atomic E-state index is 13.0. The molecule has 0 bridgehead atoms. The van der Waals surface area contributed by atoms with E-state index in [1.54, 1.807) is 0 Å². The van der Waals surface area contributed by atoms with Crippen LogP contribution in [0.15, 0.2) is 24.3 Å². The summed E-state index contributed by atoms with van der Waals surface area (Å²) in [5.41, 5.74) is 2.05. The third kappa shape index (κ3) is 5.30. The molecule has 0 spiro atoms. The number of fused-ring (bicyclic) bond motifs is 1. The summed E-state index contributed by atoms with van der Waals surface area (Å²) in [6, 6.07) is 8.11. The Morgan fingerprint density at radius 1 is 1.22 bits per heavy atom. The van der Waals surface area contributed by atoms with E-state index in [9.17, 15) is 4.79 Å². The molecule has 6 heteroatoms. The number of para-hydroxylation sites is 2. The fourth-order valence-electron chi connectivity index (χ4n) is 3.45. The summed E-state index contributed by atoms with van der Waals surface area (Å²) in [5.74, 6) is 1.13. The van der Waals surface area contributed by atoms with Gasteiger partial charge in [-0.05, 0) is 17.5 Å². The summed E-state index contributed by atoms with van der Waals surface area (Å²) in [7, 11) is 2.03. The maximum absolute atomic E-state index is 13.0. The Bertz CT molecular complexity index is 772. The van der Waals surface area contributed by atoms with E-state index in [-0.39, 0.29) is 11.3 Å². The summed E-state index contributed by atoms with van der Waals surface area (Å²) < 4.78 is 7.53. The molecule has 27 heavy (non-hydrogen) atoms. The SMILES string of the molecule is Cn1c(CN(CCN2CCOCC2)C(=O)CC(C)(C)C)nc2ccccc21. The highest BCUT2D eigenvalue weighted by Gasteiger charge is 2.24. The third-order valence-electron chi connectivity index (χ3n) is 5.04. The van der Waals surface area contributed by atoms with Gasteiger partial charge in [-0.2, -0.15) is 0 Å². The fourth-order valence-corrected chi connectivity index (χ4v) is 3.45. The smallest absolute Gasteiger partial charge is 0.223 e. The molecule has 1 aromatic heterocycles. The average Bonchev–Trinajstić information content (AvgIpc) is 2.94. The zero-order valence-electron chi connectivity index (χ0n) is 17.1. The van der Waals surface area contributed by atoms with E-state index in [2.05, 4.69) is 36.3 Å². The minimum atomic E-state index is -0.0271. The standard InChI is InChI=1S/C21H32N4O2/c1-21(2,3)15-20(26)25(10-9-24-11-13-27-14-12-24)16-19-22-17-7-5-6-8-18(17)23(19)4/h5-8H,9-16H2,1-4H3. The van der Waals surface area contributed by atoms with E-state index in [0.717, 1.165) is 56.3 Å². The number of ether oxygens (including phenoxy) is 1. The van der Waals surface area contributed by atoms with Crippen LogP contribution in [0.25, 0.3) is 11.0 Å². The number of amides is 1. The first-order chi connectivity index (χ1) is 12.8. The predicted octanol–water partition coefficient (Wildman–Crippen LogP) is 2.67. The quantitative estimate of drug-likeness (QED) is 0.782. The van der Waals surface area contributed by atoms with Crippen molar-refractivity contribution in [1.82, 2.24) is 19.4 Å². The van der Waals surface area contributed by atoms with Crippen LogP contribution in [-0.4, -0.2) is 64.7 Å². The van der Waals surface area contributed by atoms with E-state index >= 15 is 0 Å². The number of imidazole rings is 1. The van der Waals surface area contributed by atoms with E-state index in [0.29, 0.717) is 13.0 Å². The first kappa shape index (κ1) is 19.8. The average molecular weight is 373 g/mol. The first-order valence-corrected chi connectivity index (χ1v) is 9.82. The maximum Gasteiger partial charge on any atom is 0.223 e. The molecule has 0 unspecified atom stereocenters. The van der Waals surface area contributed by atoms with Crippen molar-refractivity contribution >= 4 is 16.9 Å². The summed E-state index contributed by atoms with van der Waals surface area (Å²) in [4.78, 5) is 22.1. The Morgan fingerprint density at radius 3 is 2.59 bits per heavy atom. The molecular weight excluding hydrogens is 340 g/mol. The van der Waals surface area contributed by atoms with Gasteiger partial charge < -0.3 is 14.2 Å². The highest BCUT2D eigenvalue weighted by molar-refractivity contribution is 5.78.